The fraction of sp³-hybridized carbons (Fsp3) is 0.250. The molecule has 0 aliphatic carbocycles. The van der Waals surface area contributed by atoms with E-state index in [1.165, 1.54) is 11.8 Å². The molecule has 1 saturated heterocycles. The second-order valence-electron chi connectivity index (χ2n) is 8.17. The molecule has 0 saturated carbocycles. The largest absolute Gasteiger partial charge is 0.452 e. The van der Waals surface area contributed by atoms with Crippen LogP contribution in [0.15, 0.2) is 91.0 Å². The van der Waals surface area contributed by atoms with E-state index in [0.29, 0.717) is 0 Å². The zero-order valence-electron chi connectivity index (χ0n) is 20.0. The summed E-state index contributed by atoms with van der Waals surface area (Å²) < 4.78 is 23.4. The molecule has 3 aromatic carbocycles. The molecule has 5 unspecified atom stereocenters. The third kappa shape index (κ3) is 6.37. The minimum Gasteiger partial charge on any atom is -0.452 e. The lowest BCUT2D eigenvalue weighted by atomic mass is 9.98. The highest BCUT2D eigenvalue weighted by Gasteiger charge is 2.52. The Morgan fingerprint density at radius 1 is 0.676 bits per heavy atom. The van der Waals surface area contributed by atoms with Gasteiger partial charge in [0.2, 0.25) is 0 Å². The number of hydrogen-bond acceptors (Lipinski definition) is 9. The Labute approximate surface area is 218 Å². The van der Waals surface area contributed by atoms with Crippen LogP contribution < -0.4 is 0 Å². The zero-order valence-corrected chi connectivity index (χ0v) is 20.8. The van der Waals surface area contributed by atoms with Crippen molar-refractivity contribution in [1.29, 1.82) is 0 Å². The lowest BCUT2D eigenvalue weighted by molar-refractivity contribution is -0.207. The standard InChI is InChI=1S/C28H26O8S/c1-37-28-24(36-27(32)20-15-9-4-10-16-20)23(35-26(31)19-13-7-3-8-14-19)22(21(17-29)33-28)34-25(30)18-11-5-2-6-12-18/h2-16,21-24,28-29H,17H2,1H3. The number of rotatable bonds is 8. The summed E-state index contributed by atoms with van der Waals surface area (Å²) in [4.78, 5) is 39.0. The van der Waals surface area contributed by atoms with Gasteiger partial charge in [-0.2, -0.15) is 0 Å². The van der Waals surface area contributed by atoms with Crippen molar-refractivity contribution >= 4 is 29.7 Å². The van der Waals surface area contributed by atoms with E-state index in [0.717, 1.165) is 0 Å². The number of thioether (sulfide) groups is 1. The van der Waals surface area contributed by atoms with Crippen molar-refractivity contribution in [2.45, 2.75) is 29.9 Å². The van der Waals surface area contributed by atoms with Gasteiger partial charge in [-0.25, -0.2) is 14.4 Å². The van der Waals surface area contributed by atoms with E-state index >= 15 is 0 Å². The monoisotopic (exact) mass is 522 g/mol. The molecule has 1 aliphatic heterocycles. The first-order valence-electron chi connectivity index (χ1n) is 11.6. The van der Waals surface area contributed by atoms with Gasteiger partial charge in [-0.1, -0.05) is 54.6 Å². The van der Waals surface area contributed by atoms with Crippen LogP contribution in [0.25, 0.3) is 0 Å². The highest BCUT2D eigenvalue weighted by molar-refractivity contribution is 7.99. The normalized spacial score (nSPS) is 23.0. The van der Waals surface area contributed by atoms with Gasteiger partial charge >= 0.3 is 17.9 Å². The van der Waals surface area contributed by atoms with Gasteiger partial charge in [0.25, 0.3) is 0 Å². The van der Waals surface area contributed by atoms with Crippen LogP contribution in [0, 0.1) is 0 Å². The van der Waals surface area contributed by atoms with Gasteiger partial charge in [-0.05, 0) is 42.7 Å². The van der Waals surface area contributed by atoms with Crippen LogP contribution >= 0.6 is 11.8 Å². The second-order valence-corrected chi connectivity index (χ2v) is 9.11. The van der Waals surface area contributed by atoms with Crippen molar-refractivity contribution in [1.82, 2.24) is 0 Å². The molecule has 1 fully saturated rings. The van der Waals surface area contributed by atoms with E-state index in [4.69, 9.17) is 18.9 Å². The minimum absolute atomic E-state index is 0.261. The van der Waals surface area contributed by atoms with Crippen LogP contribution in [0.4, 0.5) is 0 Å². The first kappa shape index (κ1) is 26.4. The molecule has 0 spiro atoms. The summed E-state index contributed by atoms with van der Waals surface area (Å²) in [6, 6.07) is 24.9. The van der Waals surface area contributed by atoms with Crippen LogP contribution in [0.2, 0.25) is 0 Å². The van der Waals surface area contributed by atoms with E-state index < -0.39 is 54.4 Å². The van der Waals surface area contributed by atoms with E-state index in [1.807, 2.05) is 0 Å². The molecule has 1 aliphatic rings. The highest BCUT2D eigenvalue weighted by Crippen LogP contribution is 2.34. The highest BCUT2D eigenvalue weighted by atomic mass is 32.2. The summed E-state index contributed by atoms with van der Waals surface area (Å²) in [5, 5.41) is 10.1. The van der Waals surface area contributed by atoms with Crippen molar-refractivity contribution < 1.29 is 38.4 Å². The maximum Gasteiger partial charge on any atom is 0.338 e. The number of carbonyl (C=O) groups excluding carboxylic acids is 3. The van der Waals surface area contributed by atoms with Gasteiger partial charge < -0.3 is 24.1 Å². The maximum atomic E-state index is 13.1. The topological polar surface area (TPSA) is 108 Å². The fourth-order valence-electron chi connectivity index (χ4n) is 3.91. The molecule has 0 amide bonds. The van der Waals surface area contributed by atoms with Gasteiger partial charge in [0, 0.05) is 0 Å². The fourth-order valence-corrected chi connectivity index (χ4v) is 4.65. The summed E-state index contributed by atoms with van der Waals surface area (Å²) in [6.07, 6.45) is -2.98. The van der Waals surface area contributed by atoms with Crippen LogP contribution in [-0.4, -0.2) is 65.7 Å². The van der Waals surface area contributed by atoms with Crippen molar-refractivity contribution in [3.63, 3.8) is 0 Å². The van der Waals surface area contributed by atoms with Crippen molar-refractivity contribution in [3.05, 3.63) is 108 Å². The van der Waals surface area contributed by atoms with E-state index in [2.05, 4.69) is 0 Å². The average Bonchev–Trinajstić information content (AvgIpc) is 2.95. The first-order valence-corrected chi connectivity index (χ1v) is 12.9. The van der Waals surface area contributed by atoms with Crippen molar-refractivity contribution in [3.8, 4) is 0 Å². The van der Waals surface area contributed by atoms with E-state index in [1.54, 1.807) is 97.3 Å². The van der Waals surface area contributed by atoms with Gasteiger partial charge in [0.1, 0.15) is 11.5 Å². The van der Waals surface area contributed by atoms with E-state index in [9.17, 15) is 19.5 Å². The Bertz CT molecular complexity index is 1120. The molecule has 1 heterocycles. The Hall–Kier alpha value is -3.66. The van der Waals surface area contributed by atoms with Crippen LogP contribution in [-0.2, 0) is 18.9 Å². The SMILES string of the molecule is CSC1OC(CO)C(OC(=O)c2ccccc2)C(OC(=O)c2ccccc2)C1OC(=O)c1ccccc1. The lowest BCUT2D eigenvalue weighted by Crippen LogP contribution is -2.61. The van der Waals surface area contributed by atoms with Gasteiger partial charge in [0.15, 0.2) is 18.3 Å². The average molecular weight is 523 g/mol. The molecular formula is C28H26O8S. The number of aliphatic hydroxyl groups excluding tert-OH is 1. The maximum absolute atomic E-state index is 13.1. The molecule has 1 N–H and O–H groups in total. The summed E-state index contributed by atoms with van der Waals surface area (Å²) in [5.74, 6) is -2.07. The second kappa shape index (κ2) is 12.5. The molecule has 0 radical (unpaired) electrons. The predicted molar refractivity (Wildman–Crippen MR) is 136 cm³/mol. The van der Waals surface area contributed by atoms with Crippen LogP contribution in [0.5, 0.6) is 0 Å². The number of esters is 3. The lowest BCUT2D eigenvalue weighted by Gasteiger charge is -2.44. The Morgan fingerprint density at radius 3 is 1.43 bits per heavy atom. The molecular weight excluding hydrogens is 496 g/mol. The summed E-state index contributed by atoms with van der Waals surface area (Å²) in [7, 11) is 0. The molecule has 9 heteroatoms. The molecule has 0 bridgehead atoms. The Kier molecular flexibility index (Phi) is 8.95. The van der Waals surface area contributed by atoms with Crippen molar-refractivity contribution in [2.24, 2.45) is 0 Å². The third-order valence-corrected chi connectivity index (χ3v) is 6.61. The quantitative estimate of drug-likeness (QED) is 0.350. The van der Waals surface area contributed by atoms with Crippen LogP contribution in [0.3, 0.4) is 0 Å². The molecule has 5 atom stereocenters. The number of benzene rings is 3. The summed E-state index contributed by atoms with van der Waals surface area (Å²) in [6.45, 7) is -0.525. The summed E-state index contributed by atoms with van der Waals surface area (Å²) >= 11 is 1.21. The van der Waals surface area contributed by atoms with Gasteiger partial charge in [-0.15, -0.1) is 11.8 Å². The van der Waals surface area contributed by atoms with E-state index in [-0.39, 0.29) is 16.7 Å². The number of carbonyl (C=O) groups is 3. The smallest absolute Gasteiger partial charge is 0.338 e. The molecule has 0 aromatic heterocycles. The molecule has 37 heavy (non-hydrogen) atoms. The molecule has 8 nitrogen and oxygen atoms in total. The first-order chi connectivity index (χ1) is 18.0. The minimum atomic E-state index is -1.27. The Morgan fingerprint density at radius 2 is 1.05 bits per heavy atom. The molecule has 3 aromatic rings. The van der Waals surface area contributed by atoms with Crippen molar-refractivity contribution in [2.75, 3.05) is 12.9 Å². The Balaban J connectivity index is 1.69. The number of aliphatic hydroxyl groups is 1. The predicted octanol–water partition coefficient (Wildman–Crippen LogP) is 3.74. The number of ether oxygens (including phenoxy) is 4. The van der Waals surface area contributed by atoms with Crippen LogP contribution in [0.1, 0.15) is 31.1 Å². The third-order valence-electron chi connectivity index (χ3n) is 5.76. The van der Waals surface area contributed by atoms with Gasteiger partial charge in [0.05, 0.1) is 23.3 Å². The number of hydrogen-bond donors (Lipinski definition) is 1. The summed E-state index contributed by atoms with van der Waals surface area (Å²) in [5.41, 5.74) is -0.00340. The molecule has 192 valence electrons. The molecule has 4 rings (SSSR count). The van der Waals surface area contributed by atoms with Gasteiger partial charge in [-0.3, -0.25) is 0 Å². The zero-order chi connectivity index (χ0) is 26.2.